The van der Waals surface area contributed by atoms with Crippen molar-refractivity contribution in [1.29, 1.82) is 0 Å². The summed E-state index contributed by atoms with van der Waals surface area (Å²) >= 11 is 0. The van der Waals surface area contributed by atoms with Crippen LogP contribution in [0.25, 0.3) is 44.5 Å². The molecule has 0 heteroatoms. The van der Waals surface area contributed by atoms with Crippen LogP contribution in [0.4, 0.5) is 0 Å². The molecular formula is C43H48. The summed E-state index contributed by atoms with van der Waals surface area (Å²) in [6.07, 6.45) is 0. The SMILES string of the molecule is Cc1cccc(C)c1-c1c(C)cc(C)c(-c2c(C)cc(C)c(-c3c(C)cc(C)c(-c4c(C)cccc4C)c3C)c2C)c1C. The van der Waals surface area contributed by atoms with Gasteiger partial charge in [-0.2, -0.15) is 0 Å². The Morgan fingerprint density at radius 3 is 0.628 bits per heavy atom. The minimum atomic E-state index is 1.34. The molecule has 0 saturated heterocycles. The average Bonchev–Trinajstić information content (AvgIpc) is 2.90. The smallest absolute Gasteiger partial charge is 0.0113 e. The van der Waals surface area contributed by atoms with Crippen LogP contribution in [0, 0.1) is 90.0 Å². The maximum Gasteiger partial charge on any atom is -0.0113 e. The largest absolute Gasteiger partial charge is 0.0617 e. The lowest BCUT2D eigenvalue weighted by molar-refractivity contribution is 1.24. The van der Waals surface area contributed by atoms with Crippen molar-refractivity contribution in [3.8, 4) is 44.5 Å². The zero-order valence-electron chi connectivity index (χ0n) is 28.7. The normalized spacial score (nSPS) is 11.4. The van der Waals surface area contributed by atoms with Crippen molar-refractivity contribution >= 4 is 0 Å². The van der Waals surface area contributed by atoms with E-state index < -0.39 is 0 Å². The van der Waals surface area contributed by atoms with Gasteiger partial charge in [0.25, 0.3) is 0 Å². The molecule has 220 valence electrons. The maximum atomic E-state index is 2.42. The number of hydrogen-bond donors (Lipinski definition) is 0. The molecule has 0 fully saturated rings. The number of hydrogen-bond acceptors (Lipinski definition) is 0. The molecule has 0 aliphatic heterocycles. The second-order valence-electron chi connectivity index (χ2n) is 13.2. The Bertz CT molecular complexity index is 1750. The minimum absolute atomic E-state index is 1.34. The van der Waals surface area contributed by atoms with Crippen molar-refractivity contribution in [3.05, 3.63) is 127 Å². The Labute approximate surface area is 260 Å². The second-order valence-corrected chi connectivity index (χ2v) is 13.2. The lowest BCUT2D eigenvalue weighted by Gasteiger charge is -2.27. The van der Waals surface area contributed by atoms with Crippen LogP contribution in [0.3, 0.4) is 0 Å². The Hall–Kier alpha value is -3.90. The standard InChI is InChI=1S/C43H48/c1-23-16-14-17-24(2)36(23)38-27(5)20-29(7)40(33(38)11)42-31(9)22-32(10)43(35(42)13)41-30(8)21-28(6)39(34(41)12)37-25(3)18-15-19-26(37)4/h14-22H,1-13H3. The predicted molar refractivity (Wildman–Crippen MR) is 190 cm³/mol. The van der Waals surface area contributed by atoms with Crippen molar-refractivity contribution in [1.82, 2.24) is 0 Å². The van der Waals surface area contributed by atoms with E-state index >= 15 is 0 Å². The zero-order chi connectivity index (χ0) is 31.5. The molecule has 5 aromatic carbocycles. The molecule has 0 aliphatic rings. The molecule has 0 heterocycles. The molecule has 0 spiro atoms. The summed E-state index contributed by atoms with van der Waals surface area (Å²) in [7, 11) is 0. The van der Waals surface area contributed by atoms with E-state index in [0.29, 0.717) is 0 Å². The quantitative estimate of drug-likeness (QED) is 0.204. The Morgan fingerprint density at radius 2 is 0.419 bits per heavy atom. The van der Waals surface area contributed by atoms with Crippen LogP contribution in [-0.4, -0.2) is 0 Å². The van der Waals surface area contributed by atoms with Crippen molar-refractivity contribution in [2.45, 2.75) is 90.0 Å². The summed E-state index contributed by atoms with van der Waals surface area (Å²) in [5.41, 5.74) is 28.6. The van der Waals surface area contributed by atoms with Gasteiger partial charge in [0.1, 0.15) is 0 Å². The summed E-state index contributed by atoms with van der Waals surface area (Å²) in [6.45, 7) is 29.8. The van der Waals surface area contributed by atoms with E-state index in [9.17, 15) is 0 Å². The van der Waals surface area contributed by atoms with Gasteiger partial charge in [-0.25, -0.2) is 0 Å². The molecule has 5 rings (SSSR count). The van der Waals surface area contributed by atoms with Crippen LogP contribution in [-0.2, 0) is 0 Å². The van der Waals surface area contributed by atoms with Crippen LogP contribution in [0.1, 0.15) is 72.3 Å². The van der Waals surface area contributed by atoms with Crippen LogP contribution >= 0.6 is 0 Å². The first kappa shape index (κ1) is 30.6. The first-order valence-corrected chi connectivity index (χ1v) is 15.7. The average molecular weight is 565 g/mol. The van der Waals surface area contributed by atoms with Crippen LogP contribution < -0.4 is 0 Å². The first-order valence-electron chi connectivity index (χ1n) is 15.7. The molecule has 0 amide bonds. The molecule has 0 radical (unpaired) electrons. The van der Waals surface area contributed by atoms with Crippen LogP contribution in [0.5, 0.6) is 0 Å². The molecule has 0 atom stereocenters. The van der Waals surface area contributed by atoms with Gasteiger partial charge in [-0.05, 0) is 207 Å². The van der Waals surface area contributed by atoms with Gasteiger partial charge in [0.15, 0.2) is 0 Å². The molecular weight excluding hydrogens is 516 g/mol. The topological polar surface area (TPSA) is 0 Å². The van der Waals surface area contributed by atoms with E-state index in [0.717, 1.165) is 0 Å². The van der Waals surface area contributed by atoms with Crippen molar-refractivity contribution in [3.63, 3.8) is 0 Å². The molecule has 0 unspecified atom stereocenters. The van der Waals surface area contributed by atoms with Gasteiger partial charge >= 0.3 is 0 Å². The lowest BCUT2D eigenvalue weighted by Crippen LogP contribution is -2.05. The molecule has 0 aromatic heterocycles. The van der Waals surface area contributed by atoms with E-state index in [2.05, 4.69) is 145 Å². The Balaban J connectivity index is 1.87. The van der Waals surface area contributed by atoms with Crippen molar-refractivity contribution in [2.75, 3.05) is 0 Å². The summed E-state index contributed by atoms with van der Waals surface area (Å²) in [5, 5.41) is 0. The minimum Gasteiger partial charge on any atom is -0.0617 e. The molecule has 0 aliphatic carbocycles. The van der Waals surface area contributed by atoms with E-state index in [1.807, 2.05) is 0 Å². The van der Waals surface area contributed by atoms with Gasteiger partial charge < -0.3 is 0 Å². The van der Waals surface area contributed by atoms with Gasteiger partial charge in [0.2, 0.25) is 0 Å². The molecule has 0 nitrogen and oxygen atoms in total. The fourth-order valence-corrected chi connectivity index (χ4v) is 8.28. The van der Waals surface area contributed by atoms with Crippen LogP contribution in [0.2, 0.25) is 0 Å². The van der Waals surface area contributed by atoms with Gasteiger partial charge in [0, 0.05) is 0 Å². The van der Waals surface area contributed by atoms with Gasteiger partial charge in [-0.15, -0.1) is 0 Å². The summed E-state index contributed by atoms with van der Waals surface area (Å²) in [4.78, 5) is 0. The second kappa shape index (κ2) is 11.3. The fourth-order valence-electron chi connectivity index (χ4n) is 8.28. The van der Waals surface area contributed by atoms with E-state index in [4.69, 9.17) is 0 Å². The Kier molecular flexibility index (Phi) is 8.03. The fraction of sp³-hybridized carbons (Fsp3) is 0.302. The van der Waals surface area contributed by atoms with Gasteiger partial charge in [-0.3, -0.25) is 0 Å². The zero-order valence-corrected chi connectivity index (χ0v) is 28.7. The molecule has 5 aromatic rings. The monoisotopic (exact) mass is 564 g/mol. The molecule has 0 bridgehead atoms. The summed E-state index contributed by atoms with van der Waals surface area (Å²) < 4.78 is 0. The van der Waals surface area contributed by atoms with Crippen LogP contribution in [0.15, 0.2) is 54.6 Å². The molecule has 43 heavy (non-hydrogen) atoms. The van der Waals surface area contributed by atoms with Crippen molar-refractivity contribution < 1.29 is 0 Å². The molecule has 0 N–H and O–H groups in total. The highest BCUT2D eigenvalue weighted by molar-refractivity contribution is 5.93. The molecule has 0 saturated carbocycles. The maximum absolute atomic E-state index is 2.42. The number of benzene rings is 5. The number of aryl methyl sites for hydroxylation is 10. The summed E-state index contributed by atoms with van der Waals surface area (Å²) in [6, 6.07) is 20.6. The third kappa shape index (κ3) is 4.96. The van der Waals surface area contributed by atoms with E-state index in [1.54, 1.807) is 0 Å². The highest BCUT2D eigenvalue weighted by atomic mass is 14.3. The third-order valence-electron chi connectivity index (χ3n) is 9.88. The lowest BCUT2D eigenvalue weighted by atomic mass is 9.77. The predicted octanol–water partition coefficient (Wildman–Crippen LogP) is 12.4. The summed E-state index contributed by atoms with van der Waals surface area (Å²) in [5.74, 6) is 0. The van der Waals surface area contributed by atoms with Gasteiger partial charge in [0.05, 0.1) is 0 Å². The highest BCUT2D eigenvalue weighted by Gasteiger charge is 2.24. The van der Waals surface area contributed by atoms with Crippen molar-refractivity contribution in [2.24, 2.45) is 0 Å². The highest BCUT2D eigenvalue weighted by Crippen LogP contribution is 2.47. The first-order chi connectivity index (χ1) is 20.3. The van der Waals surface area contributed by atoms with Gasteiger partial charge in [-0.1, -0.05) is 54.6 Å². The third-order valence-corrected chi connectivity index (χ3v) is 9.88. The van der Waals surface area contributed by atoms with E-state index in [-0.39, 0.29) is 0 Å². The number of rotatable bonds is 4. The Morgan fingerprint density at radius 1 is 0.233 bits per heavy atom. The van der Waals surface area contributed by atoms with E-state index in [1.165, 1.54) is 117 Å².